The highest BCUT2D eigenvalue weighted by atomic mass is 32.1. The second-order valence-corrected chi connectivity index (χ2v) is 6.69. The Morgan fingerprint density at radius 2 is 1.95 bits per heavy atom. The summed E-state index contributed by atoms with van der Waals surface area (Å²) in [5, 5.41) is 8.00. The van der Waals surface area contributed by atoms with E-state index in [4.69, 9.17) is 0 Å². The maximum Gasteiger partial charge on any atom is 0.0832 e. The summed E-state index contributed by atoms with van der Waals surface area (Å²) in [6.07, 6.45) is 1.12. The Morgan fingerprint density at radius 3 is 2.57 bits per heavy atom. The molecule has 1 aromatic heterocycles. The van der Waals surface area contributed by atoms with Gasteiger partial charge >= 0.3 is 0 Å². The molecule has 0 aliphatic carbocycles. The average molecular weight is 303 g/mol. The molecule has 0 saturated heterocycles. The van der Waals surface area contributed by atoms with Crippen molar-refractivity contribution in [2.24, 2.45) is 0 Å². The van der Waals surface area contributed by atoms with E-state index >= 15 is 0 Å². The minimum atomic E-state index is 0.196. The van der Waals surface area contributed by atoms with Crippen LogP contribution in [0, 0.1) is 13.8 Å². The second kappa shape index (κ2) is 7.14. The van der Waals surface area contributed by atoms with Crippen LogP contribution in [0.4, 0.5) is 0 Å². The molecule has 0 aliphatic heterocycles. The van der Waals surface area contributed by atoms with Crippen molar-refractivity contribution in [1.82, 2.24) is 14.9 Å². The van der Waals surface area contributed by atoms with E-state index in [1.54, 1.807) is 0 Å². The molecule has 1 unspecified atom stereocenters. The first-order valence-electron chi connectivity index (χ1n) is 7.67. The van der Waals surface area contributed by atoms with Crippen LogP contribution in [-0.4, -0.2) is 16.1 Å². The third-order valence-corrected chi connectivity index (χ3v) is 4.62. The van der Waals surface area contributed by atoms with E-state index in [1.807, 2.05) is 0 Å². The van der Waals surface area contributed by atoms with Crippen LogP contribution < -0.4 is 5.32 Å². The summed E-state index contributed by atoms with van der Waals surface area (Å²) in [5.74, 6) is 0.399. The molecule has 0 fully saturated rings. The van der Waals surface area contributed by atoms with E-state index in [-0.39, 0.29) is 6.04 Å². The van der Waals surface area contributed by atoms with Crippen molar-refractivity contribution in [3.8, 4) is 0 Å². The van der Waals surface area contributed by atoms with Gasteiger partial charge in [-0.3, -0.25) is 0 Å². The van der Waals surface area contributed by atoms with E-state index in [0.717, 1.165) is 18.7 Å². The molecule has 0 saturated carbocycles. The molecule has 0 amide bonds. The standard InChI is InChI=1S/C17H25N3S/c1-6-9-18-16(14-8-7-12(4)13(5)10-14)17-15(11(2)3)19-20-21-17/h7-8,10-11,16,18H,6,9H2,1-5H3. The van der Waals surface area contributed by atoms with Crippen molar-refractivity contribution < 1.29 is 0 Å². The summed E-state index contributed by atoms with van der Waals surface area (Å²) in [4.78, 5) is 1.25. The van der Waals surface area contributed by atoms with Gasteiger partial charge in [-0.1, -0.05) is 43.5 Å². The molecule has 0 radical (unpaired) electrons. The average Bonchev–Trinajstić information content (AvgIpc) is 2.92. The van der Waals surface area contributed by atoms with Gasteiger partial charge in [-0.15, -0.1) is 5.10 Å². The molecule has 1 N–H and O–H groups in total. The van der Waals surface area contributed by atoms with Gasteiger partial charge in [0.25, 0.3) is 0 Å². The fraction of sp³-hybridized carbons (Fsp3) is 0.529. The van der Waals surface area contributed by atoms with Crippen LogP contribution in [0.5, 0.6) is 0 Å². The number of hydrogen-bond acceptors (Lipinski definition) is 4. The molecule has 0 aliphatic rings. The van der Waals surface area contributed by atoms with Crippen LogP contribution in [0.2, 0.25) is 0 Å². The summed E-state index contributed by atoms with van der Waals surface area (Å²) in [6, 6.07) is 6.91. The first-order valence-corrected chi connectivity index (χ1v) is 8.44. The highest BCUT2D eigenvalue weighted by Gasteiger charge is 2.22. The van der Waals surface area contributed by atoms with Gasteiger partial charge in [-0.25, -0.2) is 0 Å². The van der Waals surface area contributed by atoms with Crippen molar-refractivity contribution in [1.29, 1.82) is 0 Å². The van der Waals surface area contributed by atoms with Crippen molar-refractivity contribution >= 4 is 11.5 Å². The largest absolute Gasteiger partial charge is 0.305 e. The summed E-state index contributed by atoms with van der Waals surface area (Å²) in [5.41, 5.74) is 5.09. The predicted molar refractivity (Wildman–Crippen MR) is 90.1 cm³/mol. The number of nitrogens with one attached hydrogen (secondary N) is 1. The molecule has 114 valence electrons. The molecule has 1 atom stereocenters. The highest BCUT2D eigenvalue weighted by Crippen LogP contribution is 2.31. The zero-order chi connectivity index (χ0) is 15.4. The molecule has 2 aromatic rings. The Kier molecular flexibility index (Phi) is 5.48. The van der Waals surface area contributed by atoms with Crippen molar-refractivity contribution in [2.45, 2.75) is 53.0 Å². The molecule has 0 bridgehead atoms. The normalized spacial score (nSPS) is 12.9. The Hall–Kier alpha value is -1.26. The van der Waals surface area contributed by atoms with Crippen molar-refractivity contribution in [3.63, 3.8) is 0 Å². The third-order valence-electron chi connectivity index (χ3n) is 3.81. The Labute approximate surface area is 132 Å². The van der Waals surface area contributed by atoms with Gasteiger partial charge in [0, 0.05) is 0 Å². The number of nitrogens with zero attached hydrogens (tertiary/aromatic N) is 2. The van der Waals surface area contributed by atoms with Crippen LogP contribution in [0.25, 0.3) is 0 Å². The van der Waals surface area contributed by atoms with Crippen LogP contribution in [0.3, 0.4) is 0 Å². The lowest BCUT2D eigenvalue weighted by Crippen LogP contribution is -2.23. The van der Waals surface area contributed by atoms with Crippen molar-refractivity contribution in [3.05, 3.63) is 45.5 Å². The maximum absolute atomic E-state index is 4.34. The van der Waals surface area contributed by atoms with E-state index < -0.39 is 0 Å². The predicted octanol–water partition coefficient (Wildman–Crippen LogP) is 4.37. The number of aryl methyl sites for hydroxylation is 2. The summed E-state index contributed by atoms with van der Waals surface area (Å²) >= 11 is 1.52. The molecule has 21 heavy (non-hydrogen) atoms. The van der Waals surface area contributed by atoms with Gasteiger partial charge in [0.05, 0.1) is 16.6 Å². The zero-order valence-corrected chi connectivity index (χ0v) is 14.4. The van der Waals surface area contributed by atoms with Crippen LogP contribution in [0.1, 0.15) is 66.4 Å². The fourth-order valence-corrected chi connectivity index (χ4v) is 3.31. The van der Waals surface area contributed by atoms with Crippen LogP contribution >= 0.6 is 11.5 Å². The minimum Gasteiger partial charge on any atom is -0.305 e. The zero-order valence-electron chi connectivity index (χ0n) is 13.6. The lowest BCUT2D eigenvalue weighted by Gasteiger charge is -2.20. The van der Waals surface area contributed by atoms with E-state index in [1.165, 1.54) is 33.1 Å². The van der Waals surface area contributed by atoms with Gasteiger partial charge in [0.15, 0.2) is 0 Å². The van der Waals surface area contributed by atoms with Gasteiger partial charge in [0.1, 0.15) is 0 Å². The molecule has 3 nitrogen and oxygen atoms in total. The van der Waals surface area contributed by atoms with Crippen molar-refractivity contribution in [2.75, 3.05) is 6.54 Å². The highest BCUT2D eigenvalue weighted by molar-refractivity contribution is 7.05. The first kappa shape index (κ1) is 16.1. The summed E-state index contributed by atoms with van der Waals surface area (Å²) in [6.45, 7) is 11.9. The Morgan fingerprint density at radius 1 is 1.19 bits per heavy atom. The minimum absolute atomic E-state index is 0.196. The Bertz CT molecular complexity index is 589. The quantitative estimate of drug-likeness (QED) is 0.861. The number of aromatic nitrogens is 2. The van der Waals surface area contributed by atoms with Gasteiger partial charge in [0.2, 0.25) is 0 Å². The smallest absolute Gasteiger partial charge is 0.0832 e. The molecular formula is C17H25N3S. The Balaban J connectivity index is 2.42. The first-order chi connectivity index (χ1) is 10.0. The molecule has 1 aromatic carbocycles. The fourth-order valence-electron chi connectivity index (χ4n) is 2.40. The summed E-state index contributed by atoms with van der Waals surface area (Å²) < 4.78 is 4.19. The van der Waals surface area contributed by atoms with E-state index in [9.17, 15) is 0 Å². The van der Waals surface area contributed by atoms with Crippen LogP contribution in [-0.2, 0) is 0 Å². The number of rotatable bonds is 6. The molecule has 4 heteroatoms. The van der Waals surface area contributed by atoms with Gasteiger partial charge in [-0.05, 0) is 61.0 Å². The van der Waals surface area contributed by atoms with Gasteiger partial charge < -0.3 is 5.32 Å². The molecule has 0 spiro atoms. The van der Waals surface area contributed by atoms with Crippen LogP contribution in [0.15, 0.2) is 18.2 Å². The molecular weight excluding hydrogens is 278 g/mol. The van der Waals surface area contributed by atoms with E-state index in [2.05, 4.69) is 67.7 Å². The number of benzene rings is 1. The summed E-state index contributed by atoms with van der Waals surface area (Å²) in [7, 11) is 0. The number of hydrogen-bond donors (Lipinski definition) is 1. The lowest BCUT2D eigenvalue weighted by atomic mass is 9.97. The molecule has 2 rings (SSSR count). The van der Waals surface area contributed by atoms with E-state index in [0.29, 0.717) is 5.92 Å². The topological polar surface area (TPSA) is 37.8 Å². The second-order valence-electron chi connectivity index (χ2n) is 5.91. The molecule has 1 heterocycles. The van der Waals surface area contributed by atoms with Gasteiger partial charge in [-0.2, -0.15) is 0 Å². The monoisotopic (exact) mass is 303 g/mol. The lowest BCUT2D eigenvalue weighted by molar-refractivity contribution is 0.596. The third kappa shape index (κ3) is 3.69. The maximum atomic E-state index is 4.34. The SMILES string of the molecule is CCCNC(c1ccc(C)c(C)c1)c1snnc1C(C)C.